The van der Waals surface area contributed by atoms with Crippen LogP contribution in [0.15, 0.2) is 18.3 Å². The molecule has 0 aliphatic carbocycles. The zero-order valence-corrected chi connectivity index (χ0v) is 11.4. The average molecular weight is 253 g/mol. The molecule has 1 aromatic heterocycles. The normalized spacial score (nSPS) is 16.0. The highest BCUT2D eigenvalue weighted by Gasteiger charge is 2.40. The summed E-state index contributed by atoms with van der Waals surface area (Å²) in [6.45, 7) is 5.84. The average Bonchev–Trinajstić information content (AvgIpc) is 2.83. The molecule has 0 bridgehead atoms. The standard InChI is InChI=1S/C14H23NO3/c1-4-6-8-11(13(16)18-5-2)14(3,17)12-9-7-10-15-12/h7,9-11,15,17H,4-6,8H2,1-3H3. The topological polar surface area (TPSA) is 62.3 Å². The third-order valence-corrected chi connectivity index (χ3v) is 3.24. The van der Waals surface area contributed by atoms with E-state index in [9.17, 15) is 9.90 Å². The minimum Gasteiger partial charge on any atom is -0.466 e. The van der Waals surface area contributed by atoms with Crippen LogP contribution < -0.4 is 0 Å². The van der Waals surface area contributed by atoms with Crippen molar-refractivity contribution in [3.8, 4) is 0 Å². The number of aromatic amines is 1. The first-order valence-corrected chi connectivity index (χ1v) is 6.56. The lowest BCUT2D eigenvalue weighted by Gasteiger charge is -2.30. The van der Waals surface area contributed by atoms with Crippen molar-refractivity contribution >= 4 is 5.97 Å². The molecule has 4 heteroatoms. The number of ether oxygens (including phenoxy) is 1. The van der Waals surface area contributed by atoms with Crippen molar-refractivity contribution in [3.63, 3.8) is 0 Å². The first kappa shape index (κ1) is 14.8. The van der Waals surface area contributed by atoms with Crippen LogP contribution in [0.5, 0.6) is 0 Å². The lowest BCUT2D eigenvalue weighted by molar-refractivity contribution is -0.159. The van der Waals surface area contributed by atoms with Gasteiger partial charge in [-0.15, -0.1) is 0 Å². The van der Waals surface area contributed by atoms with Gasteiger partial charge in [0, 0.05) is 11.9 Å². The predicted octanol–water partition coefficient (Wildman–Crippen LogP) is 2.59. The van der Waals surface area contributed by atoms with Crippen LogP contribution in [0.1, 0.15) is 45.7 Å². The van der Waals surface area contributed by atoms with Crippen molar-refractivity contribution < 1.29 is 14.6 Å². The molecule has 0 amide bonds. The van der Waals surface area contributed by atoms with Gasteiger partial charge in [-0.1, -0.05) is 19.8 Å². The highest BCUT2D eigenvalue weighted by Crippen LogP contribution is 2.32. The molecule has 2 atom stereocenters. The van der Waals surface area contributed by atoms with Gasteiger partial charge in [-0.3, -0.25) is 4.79 Å². The lowest BCUT2D eigenvalue weighted by atomic mass is 9.82. The van der Waals surface area contributed by atoms with Gasteiger partial charge >= 0.3 is 5.97 Å². The molecule has 0 fully saturated rings. The number of rotatable bonds is 7. The van der Waals surface area contributed by atoms with E-state index in [2.05, 4.69) is 11.9 Å². The van der Waals surface area contributed by atoms with Crippen LogP contribution in [0.2, 0.25) is 0 Å². The molecule has 0 radical (unpaired) electrons. The second-order valence-corrected chi connectivity index (χ2v) is 4.68. The largest absolute Gasteiger partial charge is 0.466 e. The number of nitrogens with one attached hydrogen (secondary N) is 1. The lowest BCUT2D eigenvalue weighted by Crippen LogP contribution is -2.38. The quantitative estimate of drug-likeness (QED) is 0.734. The summed E-state index contributed by atoms with van der Waals surface area (Å²) in [6, 6.07) is 3.60. The van der Waals surface area contributed by atoms with E-state index >= 15 is 0 Å². The Hall–Kier alpha value is -1.29. The summed E-state index contributed by atoms with van der Waals surface area (Å²) in [5.74, 6) is -0.860. The number of carbonyl (C=O) groups excluding carboxylic acids is 1. The molecule has 0 saturated carbocycles. The van der Waals surface area contributed by atoms with Crippen molar-refractivity contribution in [3.05, 3.63) is 24.0 Å². The first-order valence-electron chi connectivity index (χ1n) is 6.56. The fourth-order valence-corrected chi connectivity index (χ4v) is 2.11. The molecule has 0 aliphatic heterocycles. The second kappa shape index (κ2) is 6.59. The molecule has 1 aromatic rings. The van der Waals surface area contributed by atoms with Gasteiger partial charge in [0.25, 0.3) is 0 Å². The smallest absolute Gasteiger partial charge is 0.312 e. The molecule has 0 aliphatic rings. The Morgan fingerprint density at radius 3 is 2.78 bits per heavy atom. The van der Waals surface area contributed by atoms with Crippen molar-refractivity contribution in [2.45, 2.75) is 45.6 Å². The minimum absolute atomic E-state index is 0.328. The molecule has 2 N–H and O–H groups in total. The van der Waals surface area contributed by atoms with Crippen LogP contribution in [0, 0.1) is 5.92 Å². The van der Waals surface area contributed by atoms with Crippen molar-refractivity contribution in [2.24, 2.45) is 5.92 Å². The number of carbonyl (C=O) groups is 1. The summed E-state index contributed by atoms with van der Waals surface area (Å²) < 4.78 is 5.07. The minimum atomic E-state index is -1.22. The Morgan fingerprint density at radius 1 is 1.56 bits per heavy atom. The molecular weight excluding hydrogens is 230 g/mol. The van der Waals surface area contributed by atoms with E-state index in [1.54, 1.807) is 26.1 Å². The van der Waals surface area contributed by atoms with Gasteiger partial charge in [-0.25, -0.2) is 0 Å². The van der Waals surface area contributed by atoms with Crippen LogP contribution in [0.25, 0.3) is 0 Å². The number of unbranched alkanes of at least 4 members (excludes halogenated alkanes) is 1. The van der Waals surface area contributed by atoms with Gasteiger partial charge in [0.1, 0.15) is 5.60 Å². The monoisotopic (exact) mass is 253 g/mol. The molecule has 18 heavy (non-hydrogen) atoms. The number of esters is 1. The Balaban J connectivity index is 2.90. The van der Waals surface area contributed by atoms with Crippen molar-refractivity contribution in [1.82, 2.24) is 4.98 Å². The molecule has 1 rings (SSSR count). The van der Waals surface area contributed by atoms with E-state index in [0.717, 1.165) is 12.8 Å². The molecule has 4 nitrogen and oxygen atoms in total. The number of aliphatic hydroxyl groups is 1. The second-order valence-electron chi connectivity index (χ2n) is 4.68. The fourth-order valence-electron chi connectivity index (χ4n) is 2.11. The Bertz CT molecular complexity index is 357. The molecule has 2 unspecified atom stereocenters. The molecular formula is C14H23NO3. The maximum absolute atomic E-state index is 12.0. The third kappa shape index (κ3) is 3.35. The van der Waals surface area contributed by atoms with Crippen LogP contribution in [0.4, 0.5) is 0 Å². The highest BCUT2D eigenvalue weighted by molar-refractivity contribution is 5.74. The third-order valence-electron chi connectivity index (χ3n) is 3.24. The summed E-state index contributed by atoms with van der Waals surface area (Å²) in [4.78, 5) is 15.0. The van der Waals surface area contributed by atoms with E-state index < -0.39 is 11.5 Å². The van der Waals surface area contributed by atoms with Gasteiger partial charge in [0.15, 0.2) is 0 Å². The molecule has 0 saturated heterocycles. The van der Waals surface area contributed by atoms with Gasteiger partial charge in [0.2, 0.25) is 0 Å². The maximum Gasteiger partial charge on any atom is 0.312 e. The Kier molecular flexibility index (Phi) is 5.41. The Morgan fingerprint density at radius 2 is 2.28 bits per heavy atom. The van der Waals surface area contributed by atoms with Crippen LogP contribution in [-0.4, -0.2) is 22.7 Å². The van der Waals surface area contributed by atoms with E-state index in [4.69, 9.17) is 4.74 Å². The van der Waals surface area contributed by atoms with Gasteiger partial charge < -0.3 is 14.8 Å². The Labute approximate surface area is 108 Å². The summed E-state index contributed by atoms with van der Waals surface area (Å²) in [5.41, 5.74) is -0.568. The summed E-state index contributed by atoms with van der Waals surface area (Å²) in [7, 11) is 0. The zero-order valence-electron chi connectivity index (χ0n) is 11.4. The van der Waals surface area contributed by atoms with Gasteiger partial charge in [-0.05, 0) is 32.4 Å². The highest BCUT2D eigenvalue weighted by atomic mass is 16.5. The van der Waals surface area contributed by atoms with Crippen LogP contribution in [0.3, 0.4) is 0 Å². The van der Waals surface area contributed by atoms with E-state index in [1.807, 2.05) is 6.07 Å². The van der Waals surface area contributed by atoms with Gasteiger partial charge in [-0.2, -0.15) is 0 Å². The number of aromatic nitrogens is 1. The molecule has 0 spiro atoms. The first-order chi connectivity index (χ1) is 8.54. The van der Waals surface area contributed by atoms with Crippen LogP contribution in [-0.2, 0) is 15.1 Å². The summed E-state index contributed by atoms with van der Waals surface area (Å²) >= 11 is 0. The maximum atomic E-state index is 12.0. The number of hydrogen-bond donors (Lipinski definition) is 2. The van der Waals surface area contributed by atoms with Crippen molar-refractivity contribution in [2.75, 3.05) is 6.61 Å². The molecule has 0 aromatic carbocycles. The zero-order chi connectivity index (χ0) is 13.6. The predicted molar refractivity (Wildman–Crippen MR) is 70.0 cm³/mol. The van der Waals surface area contributed by atoms with Gasteiger partial charge in [0.05, 0.1) is 12.5 Å². The summed E-state index contributed by atoms with van der Waals surface area (Å²) in [5, 5.41) is 10.6. The van der Waals surface area contributed by atoms with Crippen LogP contribution >= 0.6 is 0 Å². The summed E-state index contributed by atoms with van der Waals surface area (Å²) in [6.07, 6.45) is 4.24. The number of H-pyrrole nitrogens is 1. The van der Waals surface area contributed by atoms with E-state index in [1.165, 1.54) is 0 Å². The van der Waals surface area contributed by atoms with Crippen molar-refractivity contribution in [1.29, 1.82) is 0 Å². The SMILES string of the molecule is CCCCC(C(=O)OCC)C(C)(O)c1ccc[nH]1. The fraction of sp³-hybridized carbons (Fsp3) is 0.643. The molecule has 102 valence electrons. The van der Waals surface area contributed by atoms with E-state index in [-0.39, 0.29) is 5.97 Å². The van der Waals surface area contributed by atoms with E-state index in [0.29, 0.717) is 18.7 Å². The molecule has 1 heterocycles. The number of hydrogen-bond acceptors (Lipinski definition) is 3.